The second kappa shape index (κ2) is 8.39. The molecular formula is C26H38O8. The zero-order valence-electron chi connectivity index (χ0n) is 20.4. The van der Waals surface area contributed by atoms with Crippen LogP contribution in [0.2, 0.25) is 0 Å². The Morgan fingerprint density at radius 3 is 2.56 bits per heavy atom. The lowest BCUT2D eigenvalue weighted by atomic mass is 9.45. The van der Waals surface area contributed by atoms with Crippen molar-refractivity contribution in [3.05, 3.63) is 22.8 Å². The maximum atomic E-state index is 12.2. The zero-order valence-corrected chi connectivity index (χ0v) is 20.4. The molecule has 2 aliphatic heterocycles. The lowest BCUT2D eigenvalue weighted by molar-refractivity contribution is -0.327. The normalized spacial score (nSPS) is 47.9. The monoisotopic (exact) mass is 478 g/mol. The van der Waals surface area contributed by atoms with Crippen molar-refractivity contribution in [3.63, 3.8) is 0 Å². The van der Waals surface area contributed by atoms with E-state index in [9.17, 15) is 25.2 Å². The van der Waals surface area contributed by atoms with Gasteiger partial charge in [0, 0.05) is 11.1 Å². The standard InChI is InChI=1S/C26H38O8/c1-12-14-9-13-5-6-18-25(2,3)19(34-24-22(30)21(29)20(28)17(11-27)33-24)7-8-26(18,4)15(13)10-16(14)32-23(12)31/h9,15-22,24,27-30H,5-8,10-11H2,1-4H3. The Balaban J connectivity index is 1.36. The van der Waals surface area contributed by atoms with E-state index in [4.69, 9.17) is 14.2 Å². The van der Waals surface area contributed by atoms with E-state index in [-0.39, 0.29) is 29.0 Å². The van der Waals surface area contributed by atoms with Crippen LogP contribution in [-0.4, -0.2) is 75.9 Å². The molecule has 10 atom stereocenters. The van der Waals surface area contributed by atoms with Gasteiger partial charge in [-0.05, 0) is 61.7 Å². The molecule has 34 heavy (non-hydrogen) atoms. The summed E-state index contributed by atoms with van der Waals surface area (Å²) in [7, 11) is 0. The number of hydrogen-bond donors (Lipinski definition) is 4. The van der Waals surface area contributed by atoms with Crippen LogP contribution in [-0.2, 0) is 19.0 Å². The number of carbonyl (C=O) groups is 1. The first kappa shape index (κ1) is 24.4. The molecule has 0 radical (unpaired) electrons. The Bertz CT molecular complexity index is 906. The second-order valence-corrected chi connectivity index (χ2v) is 11.8. The average Bonchev–Trinajstić information content (AvgIpc) is 3.07. The van der Waals surface area contributed by atoms with Crippen LogP contribution in [0.4, 0.5) is 0 Å². The molecule has 2 heterocycles. The maximum Gasteiger partial charge on any atom is 0.334 e. The topological polar surface area (TPSA) is 126 Å². The Labute approximate surface area is 200 Å². The molecule has 1 saturated heterocycles. The molecule has 3 fully saturated rings. The smallest absolute Gasteiger partial charge is 0.334 e. The summed E-state index contributed by atoms with van der Waals surface area (Å²) in [5.41, 5.74) is 3.00. The lowest BCUT2D eigenvalue weighted by Crippen LogP contribution is -2.62. The maximum absolute atomic E-state index is 12.2. The van der Waals surface area contributed by atoms with E-state index in [1.807, 2.05) is 6.92 Å². The molecule has 0 amide bonds. The van der Waals surface area contributed by atoms with Gasteiger partial charge in [0.15, 0.2) is 6.29 Å². The minimum Gasteiger partial charge on any atom is -0.454 e. The van der Waals surface area contributed by atoms with E-state index in [1.54, 1.807) is 0 Å². The van der Waals surface area contributed by atoms with Crippen molar-refractivity contribution in [3.8, 4) is 0 Å². The quantitative estimate of drug-likeness (QED) is 0.356. The number of allylic oxidation sites excluding steroid dienone is 1. The molecule has 5 aliphatic rings. The molecule has 0 aromatic rings. The molecule has 0 aromatic carbocycles. The number of hydrogen-bond acceptors (Lipinski definition) is 8. The third kappa shape index (κ3) is 3.52. The highest BCUT2D eigenvalue weighted by Gasteiger charge is 2.59. The number of esters is 1. The number of fused-ring (bicyclic) bond motifs is 4. The summed E-state index contributed by atoms with van der Waals surface area (Å²) in [4.78, 5) is 12.2. The lowest BCUT2D eigenvalue weighted by Gasteiger charge is -2.61. The average molecular weight is 479 g/mol. The summed E-state index contributed by atoms with van der Waals surface area (Å²) in [6.45, 7) is 8.14. The van der Waals surface area contributed by atoms with Gasteiger partial charge in [0.1, 0.15) is 30.5 Å². The Morgan fingerprint density at radius 1 is 1.12 bits per heavy atom. The van der Waals surface area contributed by atoms with Crippen molar-refractivity contribution in [2.45, 2.75) is 103 Å². The van der Waals surface area contributed by atoms with Crippen molar-refractivity contribution < 1.29 is 39.4 Å². The fraction of sp³-hybridized carbons (Fsp3) is 0.808. The molecule has 0 aromatic heterocycles. The SMILES string of the molecule is CC1=C2C=C3CCC4C(C)(C)C(OC5OC(CO)C(O)C(O)C5O)CCC4(C)C3CC2OC1=O. The van der Waals surface area contributed by atoms with Crippen molar-refractivity contribution in [2.75, 3.05) is 6.61 Å². The molecule has 3 aliphatic carbocycles. The van der Waals surface area contributed by atoms with Crippen LogP contribution in [0.5, 0.6) is 0 Å². The van der Waals surface area contributed by atoms with Crippen LogP contribution >= 0.6 is 0 Å². The molecule has 0 spiro atoms. The predicted molar refractivity (Wildman–Crippen MR) is 121 cm³/mol. The van der Waals surface area contributed by atoms with E-state index >= 15 is 0 Å². The van der Waals surface area contributed by atoms with Crippen LogP contribution in [0.1, 0.15) is 59.8 Å². The predicted octanol–water partition coefficient (Wildman–Crippen LogP) is 1.60. The van der Waals surface area contributed by atoms with Crippen LogP contribution in [0.25, 0.3) is 0 Å². The molecule has 2 saturated carbocycles. The van der Waals surface area contributed by atoms with E-state index in [0.29, 0.717) is 11.8 Å². The molecule has 190 valence electrons. The molecular weight excluding hydrogens is 440 g/mol. The van der Waals surface area contributed by atoms with E-state index < -0.39 is 37.3 Å². The van der Waals surface area contributed by atoms with E-state index in [0.717, 1.165) is 43.3 Å². The van der Waals surface area contributed by atoms with Gasteiger partial charge in [-0.1, -0.05) is 32.4 Å². The van der Waals surface area contributed by atoms with Crippen molar-refractivity contribution in [2.24, 2.45) is 22.7 Å². The number of carbonyl (C=O) groups excluding carboxylic acids is 1. The molecule has 10 unspecified atom stereocenters. The van der Waals surface area contributed by atoms with Crippen LogP contribution < -0.4 is 0 Å². The van der Waals surface area contributed by atoms with Gasteiger partial charge >= 0.3 is 5.97 Å². The van der Waals surface area contributed by atoms with Gasteiger partial charge < -0.3 is 34.6 Å². The minimum absolute atomic E-state index is 0.0251. The van der Waals surface area contributed by atoms with Crippen LogP contribution in [0.15, 0.2) is 22.8 Å². The van der Waals surface area contributed by atoms with Gasteiger partial charge in [0.25, 0.3) is 0 Å². The third-order valence-electron chi connectivity index (χ3n) is 9.71. The largest absolute Gasteiger partial charge is 0.454 e. The van der Waals surface area contributed by atoms with Gasteiger partial charge in [-0.3, -0.25) is 0 Å². The van der Waals surface area contributed by atoms with Gasteiger partial charge in [0.2, 0.25) is 0 Å². The van der Waals surface area contributed by atoms with Gasteiger partial charge in [-0.25, -0.2) is 4.79 Å². The molecule has 8 heteroatoms. The molecule has 5 rings (SSSR count). The zero-order chi connectivity index (χ0) is 24.6. The van der Waals surface area contributed by atoms with Crippen LogP contribution in [0.3, 0.4) is 0 Å². The number of aliphatic hydroxyl groups is 4. The van der Waals surface area contributed by atoms with Crippen molar-refractivity contribution in [1.29, 1.82) is 0 Å². The van der Waals surface area contributed by atoms with E-state index in [2.05, 4.69) is 26.8 Å². The molecule has 0 bridgehead atoms. The second-order valence-electron chi connectivity index (χ2n) is 11.8. The first-order valence-corrected chi connectivity index (χ1v) is 12.6. The fourth-order valence-electron chi connectivity index (χ4n) is 7.70. The first-order valence-electron chi connectivity index (χ1n) is 12.6. The summed E-state index contributed by atoms with van der Waals surface area (Å²) in [6.07, 6.45) is -0.00813. The summed E-state index contributed by atoms with van der Waals surface area (Å²) >= 11 is 0. The number of aliphatic hydroxyl groups excluding tert-OH is 4. The number of rotatable bonds is 3. The van der Waals surface area contributed by atoms with Crippen molar-refractivity contribution >= 4 is 5.97 Å². The fourth-order valence-corrected chi connectivity index (χ4v) is 7.70. The third-order valence-corrected chi connectivity index (χ3v) is 9.71. The van der Waals surface area contributed by atoms with Gasteiger partial charge in [-0.2, -0.15) is 0 Å². The Hall–Kier alpha value is -1.29. The Kier molecular flexibility index (Phi) is 6.02. The van der Waals surface area contributed by atoms with Crippen molar-refractivity contribution in [1.82, 2.24) is 0 Å². The highest BCUT2D eigenvalue weighted by molar-refractivity contribution is 5.92. The van der Waals surface area contributed by atoms with Gasteiger partial charge in [-0.15, -0.1) is 0 Å². The summed E-state index contributed by atoms with van der Waals surface area (Å²) in [5.74, 6) is 0.481. The van der Waals surface area contributed by atoms with Crippen LogP contribution in [0, 0.1) is 22.7 Å². The highest BCUT2D eigenvalue weighted by Crippen LogP contribution is 2.64. The Morgan fingerprint density at radius 2 is 1.85 bits per heavy atom. The summed E-state index contributed by atoms with van der Waals surface area (Å²) < 4.78 is 17.6. The number of ether oxygens (including phenoxy) is 3. The summed E-state index contributed by atoms with van der Waals surface area (Å²) in [5, 5.41) is 40.3. The first-order chi connectivity index (χ1) is 16.0. The molecule has 4 N–H and O–H groups in total. The van der Waals surface area contributed by atoms with Gasteiger partial charge in [0.05, 0.1) is 12.7 Å². The minimum atomic E-state index is -1.45. The van der Waals surface area contributed by atoms with E-state index in [1.165, 1.54) is 5.57 Å². The highest BCUT2D eigenvalue weighted by atomic mass is 16.7. The molecule has 8 nitrogen and oxygen atoms in total. The summed E-state index contributed by atoms with van der Waals surface area (Å²) in [6, 6.07) is 0.